The summed E-state index contributed by atoms with van der Waals surface area (Å²) in [6, 6.07) is 16.6. The number of aryl methyl sites for hydroxylation is 2. The van der Waals surface area contributed by atoms with E-state index in [-0.39, 0.29) is 20.4 Å². The molecule has 0 atom stereocenters. The molecule has 0 heterocycles. The van der Waals surface area contributed by atoms with Crippen LogP contribution in [0.15, 0.2) is 58.5 Å². The molecule has 0 N–H and O–H groups in total. The number of nitrogens with zero attached hydrogens (tertiary/aromatic N) is 2. The number of unbranched alkanes of at least 4 members (excludes halogenated alkanes) is 1. The zero-order valence-electron chi connectivity index (χ0n) is 15.4. The van der Waals surface area contributed by atoms with E-state index in [1.54, 1.807) is 0 Å². The molecule has 2 rings (SSSR count). The van der Waals surface area contributed by atoms with Crippen LogP contribution in [-0.4, -0.2) is 11.9 Å². The summed E-state index contributed by atoms with van der Waals surface area (Å²) in [5.41, 5.74) is 5.87. The van der Waals surface area contributed by atoms with E-state index in [9.17, 15) is 0 Å². The normalized spacial score (nSPS) is 11.6. The van der Waals surface area contributed by atoms with Crippen molar-refractivity contribution in [2.24, 2.45) is 9.98 Å². The number of hydrogen-bond donors (Lipinski definition) is 0. The Morgan fingerprint density at radius 1 is 0.880 bits per heavy atom. The Kier molecular flexibility index (Phi) is 10.2. The van der Waals surface area contributed by atoms with Crippen molar-refractivity contribution in [1.29, 1.82) is 0 Å². The molecule has 0 spiro atoms. The van der Waals surface area contributed by atoms with Crippen molar-refractivity contribution in [1.82, 2.24) is 0 Å². The standard InChI is InChI=1S/C22H28N2.Pd/c1-4-7-11-22(17-23-20-12-9-8-10-13-20)24-21-15-14-18(5-2)19(6-3)16-21;/h8-10,12-17H,4-7,11H2,1-3H3;. The van der Waals surface area contributed by atoms with Gasteiger partial charge in [-0.1, -0.05) is 51.5 Å². The van der Waals surface area contributed by atoms with E-state index in [0.29, 0.717) is 0 Å². The Balaban J connectivity index is 0.00000312. The first-order chi connectivity index (χ1) is 11.8. The van der Waals surface area contributed by atoms with Crippen LogP contribution in [0.1, 0.15) is 51.2 Å². The zero-order chi connectivity index (χ0) is 17.2. The van der Waals surface area contributed by atoms with Crippen molar-refractivity contribution in [2.45, 2.75) is 52.9 Å². The average Bonchev–Trinajstić information content (AvgIpc) is 2.64. The maximum Gasteiger partial charge on any atom is 0.0636 e. The summed E-state index contributed by atoms with van der Waals surface area (Å²) in [4.78, 5) is 9.44. The van der Waals surface area contributed by atoms with Gasteiger partial charge in [0.25, 0.3) is 0 Å². The number of hydrogen-bond acceptors (Lipinski definition) is 2. The van der Waals surface area contributed by atoms with Gasteiger partial charge in [-0.25, -0.2) is 0 Å². The molecular weight excluding hydrogens is 399 g/mol. The van der Waals surface area contributed by atoms with Crippen LogP contribution >= 0.6 is 0 Å². The van der Waals surface area contributed by atoms with Gasteiger partial charge in [-0.15, -0.1) is 0 Å². The van der Waals surface area contributed by atoms with Gasteiger partial charge in [0, 0.05) is 26.6 Å². The number of rotatable bonds is 8. The minimum absolute atomic E-state index is 0. The van der Waals surface area contributed by atoms with Gasteiger partial charge in [0.15, 0.2) is 0 Å². The van der Waals surface area contributed by atoms with Crippen LogP contribution in [0.2, 0.25) is 0 Å². The molecule has 0 amide bonds. The monoisotopic (exact) mass is 426 g/mol. The first-order valence-corrected chi connectivity index (χ1v) is 9.05. The summed E-state index contributed by atoms with van der Waals surface area (Å²) in [6.07, 6.45) is 7.30. The number of benzene rings is 2. The van der Waals surface area contributed by atoms with Crippen LogP contribution in [0.25, 0.3) is 0 Å². The van der Waals surface area contributed by atoms with E-state index < -0.39 is 0 Å². The molecule has 2 nitrogen and oxygen atoms in total. The summed E-state index contributed by atoms with van der Waals surface area (Å²) in [5, 5.41) is 0. The summed E-state index contributed by atoms with van der Waals surface area (Å²) >= 11 is 0. The van der Waals surface area contributed by atoms with E-state index >= 15 is 0 Å². The van der Waals surface area contributed by atoms with Crippen LogP contribution in [0.4, 0.5) is 11.4 Å². The van der Waals surface area contributed by atoms with Gasteiger partial charge in [0.2, 0.25) is 0 Å². The molecule has 0 aromatic heterocycles. The average molecular weight is 427 g/mol. The van der Waals surface area contributed by atoms with E-state index in [1.165, 1.54) is 11.1 Å². The summed E-state index contributed by atoms with van der Waals surface area (Å²) in [7, 11) is 0. The summed E-state index contributed by atoms with van der Waals surface area (Å²) in [6.45, 7) is 6.62. The van der Waals surface area contributed by atoms with Gasteiger partial charge >= 0.3 is 0 Å². The quantitative estimate of drug-likeness (QED) is 0.341. The van der Waals surface area contributed by atoms with Gasteiger partial charge in [-0.2, -0.15) is 0 Å². The van der Waals surface area contributed by atoms with Crippen LogP contribution in [0.5, 0.6) is 0 Å². The van der Waals surface area contributed by atoms with Gasteiger partial charge < -0.3 is 0 Å². The van der Waals surface area contributed by atoms with Gasteiger partial charge in [-0.05, 0) is 61.1 Å². The van der Waals surface area contributed by atoms with Gasteiger partial charge in [-0.3, -0.25) is 9.98 Å². The molecule has 0 saturated carbocycles. The molecule has 0 aliphatic heterocycles. The van der Waals surface area contributed by atoms with Crippen molar-refractivity contribution in [3.05, 3.63) is 59.7 Å². The van der Waals surface area contributed by atoms with Crippen LogP contribution < -0.4 is 0 Å². The smallest absolute Gasteiger partial charge is 0.0636 e. The maximum absolute atomic E-state index is 4.86. The Hall–Kier alpha value is -1.56. The van der Waals surface area contributed by atoms with Crippen molar-refractivity contribution < 1.29 is 20.4 Å². The molecule has 25 heavy (non-hydrogen) atoms. The van der Waals surface area contributed by atoms with Crippen molar-refractivity contribution >= 4 is 23.3 Å². The SMILES string of the molecule is CCCCC(C=Nc1ccccc1)=Nc1ccc(CC)c(CC)c1.[Pd]. The molecule has 0 bridgehead atoms. The molecule has 0 saturated heterocycles. The van der Waals surface area contributed by atoms with Gasteiger partial charge in [0.05, 0.1) is 17.1 Å². The van der Waals surface area contributed by atoms with Gasteiger partial charge in [0.1, 0.15) is 0 Å². The van der Waals surface area contributed by atoms with E-state index in [1.807, 2.05) is 36.5 Å². The van der Waals surface area contributed by atoms with Crippen molar-refractivity contribution in [2.75, 3.05) is 0 Å². The first-order valence-electron chi connectivity index (χ1n) is 9.05. The van der Waals surface area contributed by atoms with E-state index in [4.69, 9.17) is 4.99 Å². The number of para-hydroxylation sites is 1. The van der Waals surface area contributed by atoms with Crippen LogP contribution in [-0.2, 0) is 33.3 Å². The molecule has 0 unspecified atom stereocenters. The van der Waals surface area contributed by atoms with Crippen LogP contribution in [0, 0.1) is 0 Å². The molecule has 0 aliphatic carbocycles. The molecule has 3 heteroatoms. The van der Waals surface area contributed by atoms with E-state index in [2.05, 4.69) is 44.0 Å². The minimum atomic E-state index is 0. The summed E-state index contributed by atoms with van der Waals surface area (Å²) in [5.74, 6) is 0. The minimum Gasteiger partial charge on any atom is -0.255 e. The third-order valence-electron chi connectivity index (χ3n) is 4.13. The Morgan fingerprint density at radius 2 is 1.60 bits per heavy atom. The first kappa shape index (κ1) is 21.5. The predicted octanol–water partition coefficient (Wildman–Crippen LogP) is 6.47. The molecule has 136 valence electrons. The molecule has 0 radical (unpaired) electrons. The largest absolute Gasteiger partial charge is 0.255 e. The van der Waals surface area contributed by atoms with E-state index in [0.717, 1.165) is 49.2 Å². The fourth-order valence-electron chi connectivity index (χ4n) is 2.69. The third-order valence-corrected chi connectivity index (χ3v) is 4.13. The molecule has 2 aromatic carbocycles. The van der Waals surface area contributed by atoms with Crippen molar-refractivity contribution in [3.63, 3.8) is 0 Å². The summed E-state index contributed by atoms with van der Waals surface area (Å²) < 4.78 is 0. The molecule has 0 fully saturated rings. The molecule has 0 aliphatic rings. The van der Waals surface area contributed by atoms with Crippen LogP contribution in [0.3, 0.4) is 0 Å². The number of aliphatic imine (C=N–C) groups is 2. The predicted molar refractivity (Wildman–Crippen MR) is 106 cm³/mol. The fraction of sp³-hybridized carbons (Fsp3) is 0.364. The maximum atomic E-state index is 4.86. The molecular formula is C22H28N2Pd. The molecule has 2 aromatic rings. The Morgan fingerprint density at radius 3 is 2.24 bits per heavy atom. The second kappa shape index (κ2) is 11.9. The second-order valence-corrected chi connectivity index (χ2v) is 5.96. The topological polar surface area (TPSA) is 24.7 Å². The second-order valence-electron chi connectivity index (χ2n) is 5.96. The zero-order valence-corrected chi connectivity index (χ0v) is 17.0. The Labute approximate surface area is 166 Å². The Bertz CT molecular complexity index is 690. The van der Waals surface area contributed by atoms with Crippen molar-refractivity contribution in [3.8, 4) is 0 Å². The fourth-order valence-corrected chi connectivity index (χ4v) is 2.69. The third kappa shape index (κ3) is 7.06.